The topological polar surface area (TPSA) is 91.6 Å². The minimum Gasteiger partial charge on any atom is -0.320 e. The summed E-state index contributed by atoms with van der Waals surface area (Å²) in [6.45, 7) is 3.63. The average molecular weight is 364 g/mol. The third-order valence-electron chi connectivity index (χ3n) is 3.57. The fourth-order valence-corrected chi connectivity index (χ4v) is 2.69. The molecule has 0 atom stereocenters. The number of halogens is 1. The summed E-state index contributed by atoms with van der Waals surface area (Å²) in [6.07, 6.45) is 1.51. The van der Waals surface area contributed by atoms with E-state index in [2.05, 4.69) is 20.3 Å². The molecule has 26 heavy (non-hydrogen) atoms. The first-order valence-corrected chi connectivity index (χ1v) is 8.13. The lowest BCUT2D eigenvalue weighted by Gasteiger charge is -2.09. The Hall–Kier alpha value is -3.30. The molecule has 0 saturated heterocycles. The number of hydrogen-bond donors (Lipinski definition) is 1. The van der Waals surface area contributed by atoms with Crippen molar-refractivity contribution in [2.45, 2.75) is 13.8 Å². The van der Waals surface area contributed by atoms with Gasteiger partial charge in [0.25, 0.3) is 5.91 Å². The van der Waals surface area contributed by atoms with Crippen molar-refractivity contribution in [3.05, 3.63) is 70.5 Å². The fourth-order valence-electron chi connectivity index (χ4n) is 2.52. The van der Waals surface area contributed by atoms with E-state index in [9.17, 15) is 4.79 Å². The number of rotatable bonds is 3. The van der Waals surface area contributed by atoms with Crippen LogP contribution in [0.4, 0.5) is 5.69 Å². The van der Waals surface area contributed by atoms with Crippen LogP contribution in [-0.2, 0) is 0 Å². The lowest BCUT2D eigenvalue weighted by molar-refractivity contribution is 0.102. The smallest absolute Gasteiger partial charge is 0.274 e. The van der Waals surface area contributed by atoms with Gasteiger partial charge >= 0.3 is 0 Å². The number of amides is 1. The third-order valence-corrected chi connectivity index (χ3v) is 3.78. The molecule has 3 aromatic heterocycles. The van der Waals surface area contributed by atoms with Gasteiger partial charge in [-0.25, -0.2) is 15.0 Å². The zero-order valence-corrected chi connectivity index (χ0v) is 14.9. The first-order valence-electron chi connectivity index (χ1n) is 7.75. The zero-order chi connectivity index (χ0) is 18.7. The maximum atomic E-state index is 12.5. The van der Waals surface area contributed by atoms with Crippen molar-refractivity contribution in [3.8, 4) is 17.2 Å². The van der Waals surface area contributed by atoms with Crippen LogP contribution >= 0.6 is 11.6 Å². The SMILES string of the molecule is Cc1cc(-c2cc(C)nc(C(=O)Nc3ccnc(Cl)c3)c2)cc(C#N)n1. The monoisotopic (exact) mass is 363 g/mol. The largest absolute Gasteiger partial charge is 0.320 e. The first kappa shape index (κ1) is 17.5. The second-order valence-corrected chi connectivity index (χ2v) is 6.09. The number of anilines is 1. The summed E-state index contributed by atoms with van der Waals surface area (Å²) in [6, 6.07) is 12.3. The molecular weight excluding hydrogens is 350 g/mol. The van der Waals surface area contributed by atoms with Gasteiger partial charge in [0, 0.05) is 23.3 Å². The van der Waals surface area contributed by atoms with Crippen LogP contribution in [0.2, 0.25) is 5.15 Å². The molecule has 0 saturated carbocycles. The lowest BCUT2D eigenvalue weighted by atomic mass is 10.0. The number of nitrogens with one attached hydrogen (secondary N) is 1. The lowest BCUT2D eigenvalue weighted by Crippen LogP contribution is -2.14. The van der Waals surface area contributed by atoms with Gasteiger partial charge in [0.1, 0.15) is 22.6 Å². The van der Waals surface area contributed by atoms with E-state index in [-0.39, 0.29) is 16.8 Å². The molecule has 0 fully saturated rings. The van der Waals surface area contributed by atoms with Crippen molar-refractivity contribution in [1.82, 2.24) is 15.0 Å². The fraction of sp³-hybridized carbons (Fsp3) is 0.105. The Morgan fingerprint density at radius 1 is 1.08 bits per heavy atom. The standard InChI is InChI=1S/C19H14ClN5O/c1-11-5-13(7-16(10-21)23-11)14-6-12(2)24-17(8-14)19(26)25-15-3-4-22-18(20)9-15/h3-9H,1-2H3,(H,22,25,26). The molecule has 0 aliphatic rings. The number of aromatic nitrogens is 3. The molecule has 1 amide bonds. The maximum absolute atomic E-state index is 12.5. The highest BCUT2D eigenvalue weighted by Crippen LogP contribution is 2.23. The van der Waals surface area contributed by atoms with E-state index in [0.717, 1.165) is 16.8 Å². The predicted octanol–water partition coefficient (Wildman–Crippen LogP) is 3.93. The van der Waals surface area contributed by atoms with Crippen LogP contribution in [0.1, 0.15) is 27.6 Å². The molecule has 6 nitrogen and oxygen atoms in total. The Bertz CT molecular complexity index is 1040. The number of aryl methyl sites for hydroxylation is 2. The van der Waals surface area contributed by atoms with Crippen molar-refractivity contribution in [2.24, 2.45) is 0 Å². The van der Waals surface area contributed by atoms with Gasteiger partial charge in [-0.3, -0.25) is 4.79 Å². The molecule has 0 radical (unpaired) electrons. The summed E-state index contributed by atoms with van der Waals surface area (Å²) in [5.41, 5.74) is 4.14. The molecule has 3 heterocycles. The summed E-state index contributed by atoms with van der Waals surface area (Å²) in [5.74, 6) is -0.358. The van der Waals surface area contributed by atoms with Crippen molar-refractivity contribution in [3.63, 3.8) is 0 Å². The average Bonchev–Trinajstić information content (AvgIpc) is 2.60. The van der Waals surface area contributed by atoms with Gasteiger partial charge in [-0.15, -0.1) is 0 Å². The van der Waals surface area contributed by atoms with Crippen LogP contribution in [0.5, 0.6) is 0 Å². The summed E-state index contributed by atoms with van der Waals surface area (Å²) in [5, 5.41) is 12.1. The summed E-state index contributed by atoms with van der Waals surface area (Å²) in [7, 11) is 0. The van der Waals surface area contributed by atoms with Crippen molar-refractivity contribution in [1.29, 1.82) is 5.26 Å². The van der Waals surface area contributed by atoms with Gasteiger partial charge in [-0.05, 0) is 61.4 Å². The number of carbonyl (C=O) groups excluding carboxylic acids is 1. The number of hydrogen-bond acceptors (Lipinski definition) is 5. The van der Waals surface area contributed by atoms with Crippen LogP contribution in [0.3, 0.4) is 0 Å². The molecule has 0 unspecified atom stereocenters. The van der Waals surface area contributed by atoms with Gasteiger partial charge in [0.05, 0.1) is 0 Å². The Morgan fingerprint density at radius 3 is 2.46 bits per heavy atom. The molecule has 0 aliphatic carbocycles. The van der Waals surface area contributed by atoms with Gasteiger partial charge in [0.2, 0.25) is 0 Å². The number of nitrogens with zero attached hydrogens (tertiary/aromatic N) is 4. The number of pyridine rings is 3. The summed E-state index contributed by atoms with van der Waals surface area (Å²) >= 11 is 5.84. The highest BCUT2D eigenvalue weighted by Gasteiger charge is 2.12. The minimum absolute atomic E-state index is 0.265. The van der Waals surface area contributed by atoms with Gasteiger partial charge in [-0.1, -0.05) is 11.6 Å². The van der Waals surface area contributed by atoms with Crippen LogP contribution in [-0.4, -0.2) is 20.9 Å². The summed E-state index contributed by atoms with van der Waals surface area (Å²) < 4.78 is 0. The van der Waals surface area contributed by atoms with Crippen LogP contribution in [0, 0.1) is 25.2 Å². The predicted molar refractivity (Wildman–Crippen MR) is 98.9 cm³/mol. The van der Waals surface area contributed by atoms with Crippen LogP contribution in [0.25, 0.3) is 11.1 Å². The van der Waals surface area contributed by atoms with Crippen LogP contribution in [0.15, 0.2) is 42.6 Å². The Kier molecular flexibility index (Phi) is 4.92. The normalized spacial score (nSPS) is 10.2. The molecule has 0 aliphatic heterocycles. The zero-order valence-electron chi connectivity index (χ0n) is 14.1. The summed E-state index contributed by atoms with van der Waals surface area (Å²) in [4.78, 5) is 24.9. The third kappa shape index (κ3) is 4.02. The van der Waals surface area contributed by atoms with Gasteiger partial charge in [-0.2, -0.15) is 5.26 Å². The first-order chi connectivity index (χ1) is 12.4. The Balaban J connectivity index is 1.96. The highest BCUT2D eigenvalue weighted by molar-refractivity contribution is 6.29. The van der Waals surface area contributed by atoms with E-state index in [1.54, 1.807) is 24.3 Å². The van der Waals surface area contributed by atoms with E-state index in [1.807, 2.05) is 32.0 Å². The Morgan fingerprint density at radius 2 is 1.77 bits per heavy atom. The molecule has 0 spiro atoms. The molecule has 128 valence electrons. The minimum atomic E-state index is -0.358. The molecule has 3 aromatic rings. The molecule has 7 heteroatoms. The molecule has 0 aromatic carbocycles. The highest BCUT2D eigenvalue weighted by atomic mass is 35.5. The van der Waals surface area contributed by atoms with E-state index < -0.39 is 0 Å². The van der Waals surface area contributed by atoms with E-state index in [4.69, 9.17) is 16.9 Å². The van der Waals surface area contributed by atoms with Crippen LogP contribution < -0.4 is 5.32 Å². The quantitative estimate of drug-likeness (QED) is 0.712. The van der Waals surface area contributed by atoms with E-state index >= 15 is 0 Å². The van der Waals surface area contributed by atoms with Crippen molar-refractivity contribution < 1.29 is 4.79 Å². The molecular formula is C19H14ClN5O. The van der Waals surface area contributed by atoms with Gasteiger partial charge < -0.3 is 5.32 Å². The number of nitriles is 1. The van der Waals surface area contributed by atoms with Gasteiger partial charge in [0.15, 0.2) is 0 Å². The van der Waals surface area contributed by atoms with E-state index in [0.29, 0.717) is 17.1 Å². The maximum Gasteiger partial charge on any atom is 0.274 e. The van der Waals surface area contributed by atoms with Crippen molar-refractivity contribution in [2.75, 3.05) is 5.32 Å². The Labute approximate surface area is 155 Å². The number of carbonyl (C=O) groups is 1. The molecule has 1 N–H and O–H groups in total. The van der Waals surface area contributed by atoms with Crippen molar-refractivity contribution >= 4 is 23.2 Å². The molecule has 3 rings (SSSR count). The molecule has 0 bridgehead atoms. The second kappa shape index (κ2) is 7.30. The van der Waals surface area contributed by atoms with E-state index in [1.165, 1.54) is 6.20 Å². The second-order valence-electron chi connectivity index (χ2n) is 5.70.